The van der Waals surface area contributed by atoms with Crippen LogP contribution in [-0.4, -0.2) is 4.98 Å². The van der Waals surface area contributed by atoms with Crippen molar-refractivity contribution in [3.63, 3.8) is 0 Å². The molecule has 1 aromatic heterocycles. The molecule has 0 aliphatic carbocycles. The average Bonchev–Trinajstić information content (AvgIpc) is 2.27. The SMILES string of the molecule is FC(F)(F)c1[nH]cc[n+]1C(F)(F)F. The van der Waals surface area contributed by atoms with E-state index in [1.165, 1.54) is 4.98 Å². The first-order valence-electron chi connectivity index (χ1n) is 2.96. The Morgan fingerprint density at radius 1 is 1.08 bits per heavy atom. The maximum atomic E-state index is 11.9. The highest BCUT2D eigenvalue weighted by atomic mass is 19.4. The van der Waals surface area contributed by atoms with Gasteiger partial charge in [0.1, 0.15) is 12.4 Å². The summed E-state index contributed by atoms with van der Waals surface area (Å²) >= 11 is 0. The Kier molecular flexibility index (Phi) is 2.01. The molecule has 0 fully saturated rings. The molecule has 1 rings (SSSR count). The zero-order chi connectivity index (χ0) is 10.3. The standard InChI is InChI=1S/C5H2F6N2/c6-4(7,8)3-12-1-2-13(3)5(9,10)11/h1-2H/p+1. The minimum Gasteiger partial charge on any atom is -0.239 e. The first-order chi connectivity index (χ1) is 5.73. The smallest absolute Gasteiger partial charge is 0.239 e. The number of nitrogens with zero attached hydrogens (tertiary/aromatic N) is 1. The topological polar surface area (TPSA) is 19.7 Å². The summed E-state index contributed by atoms with van der Waals surface area (Å²) < 4.78 is 70.3. The number of nitrogens with one attached hydrogen (secondary N) is 1. The summed E-state index contributed by atoms with van der Waals surface area (Å²) in [7, 11) is 0. The van der Waals surface area contributed by atoms with Crippen molar-refractivity contribution in [3.8, 4) is 0 Å². The molecule has 2 nitrogen and oxygen atoms in total. The van der Waals surface area contributed by atoms with Gasteiger partial charge in [0.15, 0.2) is 0 Å². The Labute approximate surface area is 67.8 Å². The number of alkyl halides is 6. The number of hydrogen-bond donors (Lipinski definition) is 1. The largest absolute Gasteiger partial charge is 0.567 e. The molecule has 0 bridgehead atoms. The quantitative estimate of drug-likeness (QED) is 0.492. The number of halogens is 6. The van der Waals surface area contributed by atoms with Crippen LogP contribution in [0.25, 0.3) is 0 Å². The minimum absolute atomic E-state index is 0.267. The van der Waals surface area contributed by atoms with Crippen molar-refractivity contribution in [3.05, 3.63) is 18.2 Å². The molecule has 0 saturated carbocycles. The van der Waals surface area contributed by atoms with E-state index in [0.29, 0.717) is 6.20 Å². The highest BCUT2D eigenvalue weighted by Crippen LogP contribution is 2.27. The number of H-pyrrole nitrogens is 1. The highest BCUT2D eigenvalue weighted by Gasteiger charge is 2.50. The van der Waals surface area contributed by atoms with Gasteiger partial charge in [-0.1, -0.05) is 0 Å². The van der Waals surface area contributed by atoms with E-state index in [9.17, 15) is 26.3 Å². The normalized spacial score (nSPS) is 13.4. The molecule has 1 aromatic rings. The van der Waals surface area contributed by atoms with E-state index in [0.717, 1.165) is 0 Å². The summed E-state index contributed by atoms with van der Waals surface area (Å²) in [4.78, 5) is 1.47. The summed E-state index contributed by atoms with van der Waals surface area (Å²) in [6.45, 7) is 0. The maximum absolute atomic E-state index is 11.9. The van der Waals surface area contributed by atoms with Crippen molar-refractivity contribution >= 4 is 0 Å². The van der Waals surface area contributed by atoms with Gasteiger partial charge in [-0.05, 0) is 0 Å². The second-order valence-corrected chi connectivity index (χ2v) is 2.14. The molecule has 0 atom stereocenters. The predicted octanol–water partition coefficient (Wildman–Crippen LogP) is 1.80. The molecule has 1 heterocycles. The van der Waals surface area contributed by atoms with Crippen molar-refractivity contribution < 1.29 is 30.9 Å². The molecule has 0 unspecified atom stereocenters. The Hall–Kier alpha value is -1.21. The molecule has 0 aliphatic rings. The van der Waals surface area contributed by atoms with Gasteiger partial charge in [0.25, 0.3) is 0 Å². The van der Waals surface area contributed by atoms with Gasteiger partial charge in [0, 0.05) is 0 Å². The lowest BCUT2D eigenvalue weighted by molar-refractivity contribution is -0.864. The fourth-order valence-electron chi connectivity index (χ4n) is 0.765. The summed E-state index contributed by atoms with van der Waals surface area (Å²) in [5.41, 5.74) is 0. The van der Waals surface area contributed by atoms with Crippen molar-refractivity contribution in [2.45, 2.75) is 12.5 Å². The van der Waals surface area contributed by atoms with Gasteiger partial charge in [-0.3, -0.25) is 0 Å². The van der Waals surface area contributed by atoms with Crippen LogP contribution < -0.4 is 4.57 Å². The van der Waals surface area contributed by atoms with E-state index in [-0.39, 0.29) is 6.20 Å². The molecule has 13 heavy (non-hydrogen) atoms. The van der Waals surface area contributed by atoms with Crippen molar-refractivity contribution in [1.29, 1.82) is 0 Å². The number of aromatic amines is 1. The van der Waals surface area contributed by atoms with Crippen molar-refractivity contribution in [1.82, 2.24) is 4.98 Å². The molecule has 74 valence electrons. The van der Waals surface area contributed by atoms with Gasteiger partial charge in [0.05, 0.1) is 0 Å². The lowest BCUT2D eigenvalue weighted by atomic mass is 10.6. The fourth-order valence-corrected chi connectivity index (χ4v) is 0.765. The lowest BCUT2D eigenvalue weighted by Crippen LogP contribution is -2.51. The molecular weight excluding hydrogens is 202 g/mol. The second-order valence-electron chi connectivity index (χ2n) is 2.14. The number of rotatable bonds is 0. The van der Waals surface area contributed by atoms with E-state index in [1.54, 1.807) is 0 Å². The van der Waals surface area contributed by atoms with Crippen molar-refractivity contribution in [2.24, 2.45) is 0 Å². The third-order valence-electron chi connectivity index (χ3n) is 1.23. The highest BCUT2D eigenvalue weighted by molar-refractivity contribution is 4.83. The van der Waals surface area contributed by atoms with Crippen LogP contribution in [0.4, 0.5) is 26.3 Å². The third-order valence-corrected chi connectivity index (χ3v) is 1.23. The Balaban J connectivity index is 3.19. The monoisotopic (exact) mass is 205 g/mol. The van der Waals surface area contributed by atoms with Crippen molar-refractivity contribution in [2.75, 3.05) is 0 Å². The molecule has 8 heteroatoms. The zero-order valence-corrected chi connectivity index (χ0v) is 5.87. The van der Waals surface area contributed by atoms with E-state index in [1.807, 2.05) is 0 Å². The molecule has 0 amide bonds. The molecule has 1 N–H and O–H groups in total. The van der Waals surface area contributed by atoms with Gasteiger partial charge in [-0.25, -0.2) is 4.98 Å². The summed E-state index contributed by atoms with van der Waals surface area (Å²) in [6, 6.07) is 0. The van der Waals surface area contributed by atoms with Gasteiger partial charge in [0.2, 0.25) is 0 Å². The van der Waals surface area contributed by atoms with Gasteiger partial charge in [-0.2, -0.15) is 13.2 Å². The average molecular weight is 205 g/mol. The zero-order valence-electron chi connectivity index (χ0n) is 5.87. The number of imidazole rings is 1. The molecule has 0 aliphatic heterocycles. The van der Waals surface area contributed by atoms with Crippen LogP contribution in [0.1, 0.15) is 5.82 Å². The summed E-state index contributed by atoms with van der Waals surface area (Å²) in [6.07, 6.45) is -9.27. The van der Waals surface area contributed by atoms with E-state index in [2.05, 4.69) is 0 Å². The Morgan fingerprint density at radius 2 is 1.62 bits per heavy atom. The van der Waals surface area contributed by atoms with Crippen LogP contribution in [0, 0.1) is 0 Å². The van der Waals surface area contributed by atoms with E-state index < -0.39 is 22.9 Å². The summed E-state index contributed by atoms with van der Waals surface area (Å²) in [5.74, 6) is -1.85. The maximum Gasteiger partial charge on any atom is 0.567 e. The predicted molar refractivity (Wildman–Crippen MR) is 27.3 cm³/mol. The van der Waals surface area contributed by atoms with Gasteiger partial charge in [-0.15, -0.1) is 17.7 Å². The van der Waals surface area contributed by atoms with Crippen LogP contribution in [-0.2, 0) is 12.5 Å². The van der Waals surface area contributed by atoms with Crippen LogP contribution >= 0.6 is 0 Å². The van der Waals surface area contributed by atoms with Crippen LogP contribution in [0.15, 0.2) is 12.4 Å². The fraction of sp³-hybridized carbons (Fsp3) is 0.400. The third kappa shape index (κ3) is 1.93. The Bertz CT molecular complexity index is 266. The first kappa shape index (κ1) is 9.87. The van der Waals surface area contributed by atoms with E-state index >= 15 is 0 Å². The van der Waals surface area contributed by atoms with E-state index in [4.69, 9.17) is 0 Å². The van der Waals surface area contributed by atoms with Crippen LogP contribution in [0.2, 0.25) is 0 Å². The van der Waals surface area contributed by atoms with Gasteiger partial charge >= 0.3 is 18.3 Å². The number of hydrogen-bond acceptors (Lipinski definition) is 0. The molecule has 0 saturated heterocycles. The molecule has 0 aromatic carbocycles. The Morgan fingerprint density at radius 3 is 1.92 bits per heavy atom. The molecule has 0 spiro atoms. The number of aromatic nitrogens is 2. The van der Waals surface area contributed by atoms with Crippen LogP contribution in [0.5, 0.6) is 0 Å². The lowest BCUT2D eigenvalue weighted by Gasteiger charge is -2.05. The van der Waals surface area contributed by atoms with Crippen LogP contribution in [0.3, 0.4) is 0 Å². The second kappa shape index (κ2) is 2.64. The molecule has 0 radical (unpaired) electrons. The first-order valence-corrected chi connectivity index (χ1v) is 2.96. The van der Waals surface area contributed by atoms with Gasteiger partial charge < -0.3 is 0 Å². The molecular formula is C5H3F6N2+. The minimum atomic E-state index is -5.06. The summed E-state index contributed by atoms with van der Waals surface area (Å²) in [5, 5.41) is 0.